The Balaban J connectivity index is 1.18. The van der Waals surface area contributed by atoms with Crippen molar-refractivity contribution < 1.29 is 37.0 Å². The number of hydrogen-bond donors (Lipinski definition) is 0. The zero-order chi connectivity index (χ0) is 49.5. The van der Waals surface area contributed by atoms with Crippen LogP contribution in [-0.4, -0.2) is 98.9 Å². The maximum absolute atomic E-state index is 7.50. The third-order valence-electron chi connectivity index (χ3n) is 16.6. The third kappa shape index (κ3) is 12.5. The van der Waals surface area contributed by atoms with E-state index in [2.05, 4.69) is 176 Å². The molecule has 11 atom stereocenters. The topological polar surface area (TPSA) is 73.8 Å². The standard InChI is InChI=1S/C56H92O8Si3/c1-38-32-42(30-31-47-39(2)33-43(60-47)37-58-67(55(11,12)13,45-26-22-20-23-27-45)46-28-24-21-25-29-46)59-48(40(38)3)35-50-52(64-66(18,19)54(8,9)10)41(4)51(63-65(16,17)53(5,6)7)49(61-50)34-44-36-57-56(14,15)62-44/h20-29,38,41-44,47-52H,2-3,30-37H2,1,4-19H3/t38-,41+,42+,43-,44-,47+,48-,49+,50+,51+,52-/m1/s1. The van der Waals surface area contributed by atoms with Crippen molar-refractivity contribution >= 4 is 35.3 Å². The molecule has 11 heteroatoms. The summed E-state index contributed by atoms with van der Waals surface area (Å²) in [5.41, 5.74) is 2.29. The van der Waals surface area contributed by atoms with Gasteiger partial charge in [-0.2, -0.15) is 0 Å². The number of ether oxygens (including phenoxy) is 5. The molecule has 0 saturated carbocycles. The number of hydrogen-bond acceptors (Lipinski definition) is 8. The van der Waals surface area contributed by atoms with Gasteiger partial charge < -0.3 is 37.0 Å². The van der Waals surface area contributed by atoms with Crippen LogP contribution in [0.5, 0.6) is 0 Å². The van der Waals surface area contributed by atoms with Crippen molar-refractivity contribution in [2.45, 2.75) is 231 Å². The largest absolute Gasteiger partial charge is 0.411 e. The maximum Gasteiger partial charge on any atom is 0.261 e. The second-order valence-electron chi connectivity index (χ2n) is 25.3. The molecular formula is C56H92O8Si3. The highest BCUT2D eigenvalue weighted by Crippen LogP contribution is 2.47. The van der Waals surface area contributed by atoms with Gasteiger partial charge in [-0.05, 0) is 108 Å². The van der Waals surface area contributed by atoms with E-state index in [0.717, 1.165) is 36.8 Å². The lowest BCUT2D eigenvalue weighted by molar-refractivity contribution is -0.209. The van der Waals surface area contributed by atoms with Crippen LogP contribution >= 0.6 is 0 Å². The van der Waals surface area contributed by atoms with Gasteiger partial charge in [0.05, 0.1) is 68.1 Å². The highest BCUT2D eigenvalue weighted by atomic mass is 28.4. The lowest BCUT2D eigenvalue weighted by Crippen LogP contribution is -2.67. The zero-order valence-corrected chi connectivity index (χ0v) is 48.0. The van der Waals surface area contributed by atoms with Crippen LogP contribution in [0.1, 0.15) is 129 Å². The molecule has 0 amide bonds. The van der Waals surface area contributed by atoms with Crippen molar-refractivity contribution in [2.75, 3.05) is 13.2 Å². The quantitative estimate of drug-likeness (QED) is 0.122. The lowest BCUT2D eigenvalue weighted by atomic mass is 9.80. The van der Waals surface area contributed by atoms with E-state index in [-0.39, 0.29) is 76.0 Å². The van der Waals surface area contributed by atoms with Crippen molar-refractivity contribution in [2.24, 2.45) is 11.8 Å². The summed E-state index contributed by atoms with van der Waals surface area (Å²) in [4.78, 5) is 0. The molecule has 4 fully saturated rings. The van der Waals surface area contributed by atoms with Gasteiger partial charge in [-0.3, -0.25) is 0 Å². The van der Waals surface area contributed by atoms with Crippen molar-refractivity contribution in [1.82, 2.24) is 0 Å². The summed E-state index contributed by atoms with van der Waals surface area (Å²) in [6.07, 6.45) is 3.82. The van der Waals surface area contributed by atoms with Crippen molar-refractivity contribution in [3.05, 3.63) is 85.0 Å². The summed E-state index contributed by atoms with van der Waals surface area (Å²) >= 11 is 0. The molecule has 0 aliphatic carbocycles. The van der Waals surface area contributed by atoms with E-state index in [1.54, 1.807) is 0 Å². The van der Waals surface area contributed by atoms with Crippen LogP contribution < -0.4 is 10.4 Å². The highest BCUT2D eigenvalue weighted by Gasteiger charge is 2.54. The Morgan fingerprint density at radius 3 is 1.63 bits per heavy atom. The van der Waals surface area contributed by atoms with E-state index in [0.29, 0.717) is 32.0 Å². The summed E-state index contributed by atoms with van der Waals surface area (Å²) in [7, 11) is -7.16. The molecule has 4 saturated heterocycles. The molecule has 8 nitrogen and oxygen atoms in total. The van der Waals surface area contributed by atoms with Crippen LogP contribution in [0.2, 0.25) is 41.3 Å². The molecule has 376 valence electrons. The smallest absolute Gasteiger partial charge is 0.261 e. The summed E-state index contributed by atoms with van der Waals surface area (Å²) in [5.74, 6) is -0.241. The van der Waals surface area contributed by atoms with Crippen molar-refractivity contribution in [3.8, 4) is 0 Å². The van der Waals surface area contributed by atoms with Gasteiger partial charge in [0.2, 0.25) is 0 Å². The first kappa shape index (κ1) is 54.6. The lowest BCUT2D eigenvalue weighted by Gasteiger charge is -2.53. The van der Waals surface area contributed by atoms with Gasteiger partial charge in [0.1, 0.15) is 0 Å². The molecule has 0 N–H and O–H groups in total. The van der Waals surface area contributed by atoms with Crippen LogP contribution in [0.25, 0.3) is 0 Å². The van der Waals surface area contributed by atoms with Crippen molar-refractivity contribution in [1.29, 1.82) is 0 Å². The normalized spacial score (nSPS) is 31.4. The van der Waals surface area contributed by atoms with Crippen LogP contribution in [0.15, 0.2) is 85.0 Å². The fourth-order valence-corrected chi connectivity index (χ4v) is 17.9. The van der Waals surface area contributed by atoms with Crippen molar-refractivity contribution in [3.63, 3.8) is 0 Å². The summed E-state index contributed by atoms with van der Waals surface area (Å²) < 4.78 is 56.2. The Bertz CT molecular complexity index is 1910. The average Bonchev–Trinajstić information content (AvgIpc) is 3.77. The molecule has 6 rings (SSSR count). The molecule has 0 aromatic heterocycles. The minimum atomic E-state index is -2.69. The summed E-state index contributed by atoms with van der Waals surface area (Å²) in [6.45, 7) is 49.3. The highest BCUT2D eigenvalue weighted by molar-refractivity contribution is 6.99. The van der Waals surface area contributed by atoms with Gasteiger partial charge in [-0.15, -0.1) is 0 Å². The van der Waals surface area contributed by atoms with Gasteiger partial charge in [-0.25, -0.2) is 0 Å². The fraction of sp³-hybridized carbons (Fsp3) is 0.714. The van der Waals surface area contributed by atoms with E-state index in [4.69, 9.17) is 37.0 Å². The first-order valence-corrected chi connectivity index (χ1v) is 33.4. The van der Waals surface area contributed by atoms with Crippen LogP contribution in [-0.2, 0) is 37.0 Å². The molecular weight excluding hydrogens is 885 g/mol. The predicted octanol–water partition coefficient (Wildman–Crippen LogP) is 12.5. The molecule has 4 aliphatic rings. The average molecular weight is 978 g/mol. The Morgan fingerprint density at radius 2 is 1.15 bits per heavy atom. The van der Waals surface area contributed by atoms with E-state index >= 15 is 0 Å². The minimum Gasteiger partial charge on any atom is -0.411 e. The number of rotatable bonds is 16. The molecule has 4 heterocycles. The molecule has 0 unspecified atom stereocenters. The number of benzene rings is 2. The Labute approximate surface area is 411 Å². The molecule has 2 aromatic carbocycles. The van der Waals surface area contributed by atoms with Gasteiger partial charge in [0.25, 0.3) is 8.32 Å². The first-order valence-electron chi connectivity index (χ1n) is 25.7. The molecule has 0 spiro atoms. The third-order valence-corrected chi connectivity index (χ3v) is 30.5. The molecule has 2 aromatic rings. The minimum absolute atomic E-state index is 0.0218. The predicted molar refractivity (Wildman–Crippen MR) is 283 cm³/mol. The Morgan fingerprint density at radius 1 is 0.642 bits per heavy atom. The van der Waals surface area contributed by atoms with Crippen LogP contribution in [0, 0.1) is 11.8 Å². The van der Waals surface area contributed by atoms with E-state index < -0.39 is 30.7 Å². The molecule has 0 bridgehead atoms. The van der Waals surface area contributed by atoms with Gasteiger partial charge in [0, 0.05) is 18.8 Å². The van der Waals surface area contributed by atoms with E-state index in [1.807, 2.05) is 13.8 Å². The second kappa shape index (κ2) is 20.8. The molecule has 4 aliphatic heterocycles. The SMILES string of the molecule is C=C1C[C@H](CO[Si](c2ccccc2)(c2ccccc2)C(C)(C)C)O[C@H]1CC[C@H]1C[C@@H](C)C(=C)[C@@H](C[C@@H]2O[C@@H](C[C@@H]3COC(C)(C)O3)[C@@H](O[Si](C)(C)C(C)(C)C)[C@H](C)[C@H]2O[Si](C)(C)C(C)(C)C)O1. The summed E-state index contributed by atoms with van der Waals surface area (Å²) in [6, 6.07) is 21.7. The first-order chi connectivity index (χ1) is 30.9. The van der Waals surface area contributed by atoms with Gasteiger partial charge in [0.15, 0.2) is 22.4 Å². The van der Waals surface area contributed by atoms with Gasteiger partial charge >= 0.3 is 0 Å². The Kier molecular flexibility index (Phi) is 16.9. The van der Waals surface area contributed by atoms with Crippen LogP contribution in [0.4, 0.5) is 0 Å². The fourth-order valence-electron chi connectivity index (χ4n) is 10.5. The van der Waals surface area contributed by atoms with Gasteiger partial charge in [-0.1, -0.05) is 150 Å². The zero-order valence-electron chi connectivity index (χ0n) is 45.0. The second-order valence-corrected chi connectivity index (χ2v) is 39.1. The maximum atomic E-state index is 7.50. The molecule has 67 heavy (non-hydrogen) atoms. The molecule has 0 radical (unpaired) electrons. The monoisotopic (exact) mass is 977 g/mol. The Hall–Kier alpha value is -1.75. The van der Waals surface area contributed by atoms with E-state index in [9.17, 15) is 0 Å². The summed E-state index contributed by atoms with van der Waals surface area (Å²) in [5, 5.41) is 2.52. The van der Waals surface area contributed by atoms with E-state index in [1.165, 1.54) is 10.4 Å². The van der Waals surface area contributed by atoms with Crippen LogP contribution in [0.3, 0.4) is 0 Å².